The van der Waals surface area contributed by atoms with E-state index in [1.165, 1.54) is 0 Å². The van der Waals surface area contributed by atoms with Gasteiger partial charge in [0.1, 0.15) is 5.82 Å². The van der Waals surface area contributed by atoms with Gasteiger partial charge in [-0.15, -0.1) is 0 Å². The molecule has 0 radical (unpaired) electrons. The summed E-state index contributed by atoms with van der Waals surface area (Å²) in [5, 5.41) is 4.13. The van der Waals surface area contributed by atoms with Crippen LogP contribution in [0, 0.1) is 6.92 Å². The fourth-order valence-corrected chi connectivity index (χ4v) is 3.25. The number of anilines is 1. The average Bonchev–Trinajstić information content (AvgIpc) is 3.12. The molecule has 3 aromatic rings. The van der Waals surface area contributed by atoms with Crippen LogP contribution >= 0.6 is 0 Å². The van der Waals surface area contributed by atoms with E-state index in [1.54, 1.807) is 13.0 Å². The van der Waals surface area contributed by atoms with Crippen molar-refractivity contribution in [1.29, 1.82) is 0 Å². The van der Waals surface area contributed by atoms with Crippen LogP contribution in [0.1, 0.15) is 30.3 Å². The molecule has 7 heteroatoms. The van der Waals surface area contributed by atoms with E-state index in [1.807, 2.05) is 30.3 Å². The molecule has 1 aliphatic rings. The fraction of sp³-hybridized carbons (Fsp3) is 0.333. The van der Waals surface area contributed by atoms with Crippen LogP contribution < -0.4 is 10.5 Å². The second-order valence-corrected chi connectivity index (χ2v) is 6.31. The Bertz CT molecular complexity index is 918. The minimum Gasteiger partial charge on any atom is -0.338 e. The Labute approximate surface area is 144 Å². The van der Waals surface area contributed by atoms with Gasteiger partial charge in [-0.3, -0.25) is 4.79 Å². The van der Waals surface area contributed by atoms with Crippen molar-refractivity contribution < 1.29 is 4.52 Å². The van der Waals surface area contributed by atoms with Gasteiger partial charge in [0.25, 0.3) is 17.4 Å². The zero-order valence-electron chi connectivity index (χ0n) is 14.0. The van der Waals surface area contributed by atoms with E-state index in [4.69, 9.17) is 4.52 Å². The molecule has 1 aromatic carbocycles. The molecule has 128 valence electrons. The summed E-state index contributed by atoms with van der Waals surface area (Å²) in [5.41, 5.74) is 1.63. The lowest BCUT2D eigenvalue weighted by molar-refractivity contribution is 0.422. The number of piperidine rings is 1. The topological polar surface area (TPSA) is 87.9 Å². The summed E-state index contributed by atoms with van der Waals surface area (Å²) in [4.78, 5) is 25.5. The van der Waals surface area contributed by atoms with Crippen LogP contribution in [0.5, 0.6) is 0 Å². The molecule has 1 atom stereocenters. The molecule has 1 aliphatic heterocycles. The molecule has 2 aromatic heterocycles. The number of nitrogens with zero attached hydrogens (tertiary/aromatic N) is 4. The highest BCUT2D eigenvalue weighted by Gasteiger charge is 2.26. The summed E-state index contributed by atoms with van der Waals surface area (Å²) >= 11 is 0. The van der Waals surface area contributed by atoms with E-state index in [0.717, 1.165) is 37.2 Å². The smallest absolute Gasteiger partial charge is 0.266 e. The number of benzene rings is 1. The third-order valence-electron chi connectivity index (χ3n) is 4.44. The van der Waals surface area contributed by atoms with Gasteiger partial charge in [-0.05, 0) is 37.1 Å². The molecule has 1 fully saturated rings. The molecule has 4 rings (SSSR count). The Morgan fingerprint density at radius 2 is 2.08 bits per heavy atom. The lowest BCUT2D eigenvalue weighted by Gasteiger charge is -2.31. The number of aryl methyl sites for hydroxylation is 1. The molecule has 1 saturated heterocycles. The van der Waals surface area contributed by atoms with Gasteiger partial charge in [-0.2, -0.15) is 4.98 Å². The molecule has 25 heavy (non-hydrogen) atoms. The van der Waals surface area contributed by atoms with Crippen LogP contribution in [0.4, 0.5) is 5.95 Å². The van der Waals surface area contributed by atoms with E-state index in [-0.39, 0.29) is 11.5 Å². The molecule has 3 heterocycles. The molecular formula is C18H19N5O2. The Morgan fingerprint density at radius 1 is 1.24 bits per heavy atom. The quantitative estimate of drug-likeness (QED) is 0.790. The highest BCUT2D eigenvalue weighted by molar-refractivity contribution is 5.54. The molecule has 0 amide bonds. The molecule has 7 nitrogen and oxygen atoms in total. The van der Waals surface area contributed by atoms with Crippen LogP contribution in [-0.2, 0) is 0 Å². The zero-order valence-corrected chi connectivity index (χ0v) is 14.0. The Kier molecular flexibility index (Phi) is 4.05. The van der Waals surface area contributed by atoms with Crippen LogP contribution in [0.3, 0.4) is 0 Å². The summed E-state index contributed by atoms with van der Waals surface area (Å²) in [7, 11) is 0. The monoisotopic (exact) mass is 337 g/mol. The molecule has 1 N–H and O–H groups in total. The second kappa shape index (κ2) is 6.51. The van der Waals surface area contributed by atoms with E-state index < -0.39 is 0 Å². The predicted molar refractivity (Wildman–Crippen MR) is 93.5 cm³/mol. The minimum atomic E-state index is -0.106. The van der Waals surface area contributed by atoms with Gasteiger partial charge in [0, 0.05) is 30.6 Å². The Morgan fingerprint density at radius 3 is 2.88 bits per heavy atom. The van der Waals surface area contributed by atoms with E-state index >= 15 is 0 Å². The van der Waals surface area contributed by atoms with Crippen molar-refractivity contribution in [3.8, 4) is 11.5 Å². The molecule has 0 spiro atoms. The molecule has 0 saturated carbocycles. The lowest BCUT2D eigenvalue weighted by atomic mass is 9.94. The SMILES string of the molecule is Cc1nc([C@@H]2CCCN(c3noc(-c4ccccc4)n3)C2)cc(=O)[nH]1. The molecule has 0 aliphatic carbocycles. The number of H-pyrrole nitrogens is 1. The van der Waals surface area contributed by atoms with E-state index in [2.05, 4.69) is 25.0 Å². The summed E-state index contributed by atoms with van der Waals surface area (Å²) in [5.74, 6) is 1.94. The first kappa shape index (κ1) is 15.6. The first-order valence-corrected chi connectivity index (χ1v) is 8.41. The summed E-state index contributed by atoms with van der Waals surface area (Å²) in [6.07, 6.45) is 1.99. The van der Waals surface area contributed by atoms with Crippen molar-refractivity contribution in [2.75, 3.05) is 18.0 Å². The van der Waals surface area contributed by atoms with E-state index in [0.29, 0.717) is 17.7 Å². The van der Waals surface area contributed by atoms with Crippen molar-refractivity contribution in [2.45, 2.75) is 25.7 Å². The first-order valence-electron chi connectivity index (χ1n) is 8.41. The number of aromatic nitrogens is 4. The molecular weight excluding hydrogens is 318 g/mol. The maximum absolute atomic E-state index is 11.7. The van der Waals surface area contributed by atoms with Crippen LogP contribution in [0.25, 0.3) is 11.5 Å². The average molecular weight is 337 g/mol. The zero-order chi connectivity index (χ0) is 17.2. The van der Waals surface area contributed by atoms with Crippen LogP contribution in [0.15, 0.2) is 45.7 Å². The lowest BCUT2D eigenvalue weighted by Crippen LogP contribution is -2.35. The van der Waals surface area contributed by atoms with E-state index in [9.17, 15) is 4.79 Å². The van der Waals surface area contributed by atoms with Crippen molar-refractivity contribution in [2.24, 2.45) is 0 Å². The fourth-order valence-electron chi connectivity index (χ4n) is 3.25. The normalized spacial score (nSPS) is 17.6. The highest BCUT2D eigenvalue weighted by atomic mass is 16.5. The largest absolute Gasteiger partial charge is 0.338 e. The number of aromatic amines is 1. The third kappa shape index (κ3) is 3.31. The van der Waals surface area contributed by atoms with Gasteiger partial charge in [-0.1, -0.05) is 18.2 Å². The maximum atomic E-state index is 11.7. The first-order chi connectivity index (χ1) is 12.2. The van der Waals surface area contributed by atoms with Gasteiger partial charge in [0.15, 0.2) is 0 Å². The van der Waals surface area contributed by atoms with Crippen molar-refractivity contribution in [3.05, 3.63) is 58.3 Å². The van der Waals surface area contributed by atoms with Crippen molar-refractivity contribution >= 4 is 5.95 Å². The van der Waals surface area contributed by atoms with Gasteiger partial charge in [0.2, 0.25) is 0 Å². The summed E-state index contributed by atoms with van der Waals surface area (Å²) < 4.78 is 5.41. The number of hydrogen-bond acceptors (Lipinski definition) is 6. The highest BCUT2D eigenvalue weighted by Crippen LogP contribution is 2.28. The third-order valence-corrected chi connectivity index (χ3v) is 4.44. The van der Waals surface area contributed by atoms with Crippen molar-refractivity contribution in [3.63, 3.8) is 0 Å². The predicted octanol–water partition coefficient (Wildman–Crippen LogP) is 2.51. The Hall–Kier alpha value is -2.96. The standard InChI is InChI=1S/C18H19N5O2/c1-12-19-15(10-16(24)20-12)14-8-5-9-23(11-14)18-21-17(25-22-18)13-6-3-2-4-7-13/h2-4,6-7,10,14H,5,8-9,11H2,1H3,(H,19,20,24)/t14-/m1/s1. The molecule has 0 unspecified atom stereocenters. The number of rotatable bonds is 3. The van der Waals surface area contributed by atoms with Gasteiger partial charge >= 0.3 is 0 Å². The van der Waals surface area contributed by atoms with Gasteiger partial charge < -0.3 is 14.4 Å². The summed E-state index contributed by atoms with van der Waals surface area (Å²) in [6, 6.07) is 11.3. The number of nitrogens with one attached hydrogen (secondary N) is 1. The number of hydrogen-bond donors (Lipinski definition) is 1. The minimum absolute atomic E-state index is 0.106. The molecule has 0 bridgehead atoms. The maximum Gasteiger partial charge on any atom is 0.266 e. The van der Waals surface area contributed by atoms with Crippen molar-refractivity contribution in [1.82, 2.24) is 20.1 Å². The summed E-state index contributed by atoms with van der Waals surface area (Å²) in [6.45, 7) is 3.40. The van der Waals surface area contributed by atoms with Crippen LogP contribution in [0.2, 0.25) is 0 Å². The second-order valence-electron chi connectivity index (χ2n) is 6.31. The Balaban J connectivity index is 1.55. The van der Waals surface area contributed by atoms with Gasteiger partial charge in [0.05, 0.1) is 5.69 Å². The van der Waals surface area contributed by atoms with Crippen LogP contribution in [-0.4, -0.2) is 33.2 Å². The van der Waals surface area contributed by atoms with Gasteiger partial charge in [-0.25, -0.2) is 4.98 Å².